The average Bonchev–Trinajstić information content (AvgIpc) is 2.30. The van der Waals surface area contributed by atoms with Crippen molar-refractivity contribution in [3.8, 4) is 0 Å². The molecule has 3 heteroatoms. The van der Waals surface area contributed by atoms with E-state index in [1.807, 2.05) is 30.3 Å². The molecule has 0 aliphatic heterocycles. The van der Waals surface area contributed by atoms with Crippen LogP contribution in [0.1, 0.15) is 12.5 Å². The predicted molar refractivity (Wildman–Crippen MR) is 65.2 cm³/mol. The minimum absolute atomic E-state index is 0.204. The van der Waals surface area contributed by atoms with Gasteiger partial charge in [-0.1, -0.05) is 43.0 Å². The van der Waals surface area contributed by atoms with Crippen LogP contribution in [-0.4, -0.2) is 11.9 Å². The summed E-state index contributed by atoms with van der Waals surface area (Å²) in [6, 6.07) is 9.68. The second-order valence-electron chi connectivity index (χ2n) is 3.58. The van der Waals surface area contributed by atoms with E-state index < -0.39 is 11.9 Å². The van der Waals surface area contributed by atoms with E-state index in [4.69, 9.17) is 0 Å². The number of rotatable bonds is 4. The molecule has 0 unspecified atom stereocenters. The molecule has 0 N–H and O–H groups in total. The van der Waals surface area contributed by atoms with E-state index in [-0.39, 0.29) is 5.57 Å². The highest BCUT2D eigenvalue weighted by Crippen LogP contribution is 2.00. The highest BCUT2D eigenvalue weighted by atomic mass is 16.6. The summed E-state index contributed by atoms with van der Waals surface area (Å²) >= 11 is 0. The number of ether oxygens (including phenoxy) is 1. The maximum Gasteiger partial charge on any atom is 0.340 e. The Balaban J connectivity index is 2.42. The molecule has 88 valence electrons. The fourth-order valence-electron chi connectivity index (χ4n) is 1.12. The lowest BCUT2D eigenvalue weighted by molar-refractivity contribution is -0.153. The Bertz CT molecular complexity index is 444. The third-order valence-corrected chi connectivity index (χ3v) is 1.99. The van der Waals surface area contributed by atoms with E-state index in [1.165, 1.54) is 13.0 Å². The van der Waals surface area contributed by atoms with Crippen LogP contribution in [0.15, 0.2) is 54.6 Å². The summed E-state index contributed by atoms with van der Waals surface area (Å²) in [7, 11) is 0. The standard InChI is InChI=1S/C14H14O3/c1-11(2)14(16)17-13(15)10-6-9-12-7-4-3-5-8-12/h3-8,10H,1,9H2,2H3. The van der Waals surface area contributed by atoms with E-state index in [9.17, 15) is 9.59 Å². The van der Waals surface area contributed by atoms with E-state index in [0.717, 1.165) is 5.56 Å². The Morgan fingerprint density at radius 3 is 2.53 bits per heavy atom. The van der Waals surface area contributed by atoms with Gasteiger partial charge in [-0.3, -0.25) is 0 Å². The minimum Gasteiger partial charge on any atom is -0.386 e. The first-order valence-electron chi connectivity index (χ1n) is 5.21. The third kappa shape index (κ3) is 4.93. The Kier molecular flexibility index (Phi) is 4.88. The van der Waals surface area contributed by atoms with Gasteiger partial charge in [0.1, 0.15) is 0 Å². The lowest BCUT2D eigenvalue weighted by Gasteiger charge is -1.98. The molecule has 0 amide bonds. The van der Waals surface area contributed by atoms with Gasteiger partial charge in [-0.05, 0) is 18.9 Å². The maximum atomic E-state index is 11.2. The Morgan fingerprint density at radius 1 is 1.29 bits per heavy atom. The molecule has 17 heavy (non-hydrogen) atoms. The van der Waals surface area contributed by atoms with Crippen LogP contribution >= 0.6 is 0 Å². The van der Waals surface area contributed by atoms with Crippen molar-refractivity contribution < 1.29 is 14.3 Å². The first-order valence-corrected chi connectivity index (χ1v) is 5.21. The van der Waals surface area contributed by atoms with Crippen LogP contribution < -0.4 is 0 Å². The summed E-state index contributed by atoms with van der Waals surface area (Å²) in [5.74, 6) is -1.37. The molecule has 0 aromatic heterocycles. The van der Waals surface area contributed by atoms with Gasteiger partial charge < -0.3 is 4.74 Å². The van der Waals surface area contributed by atoms with Crippen LogP contribution in [0.25, 0.3) is 0 Å². The van der Waals surface area contributed by atoms with E-state index >= 15 is 0 Å². The Morgan fingerprint density at radius 2 is 1.94 bits per heavy atom. The van der Waals surface area contributed by atoms with Crippen LogP contribution in [0.2, 0.25) is 0 Å². The number of benzene rings is 1. The monoisotopic (exact) mass is 230 g/mol. The van der Waals surface area contributed by atoms with Crippen LogP contribution in [-0.2, 0) is 20.7 Å². The van der Waals surface area contributed by atoms with Gasteiger partial charge in [0.25, 0.3) is 0 Å². The average molecular weight is 230 g/mol. The number of carbonyl (C=O) groups excluding carboxylic acids is 2. The fourth-order valence-corrected chi connectivity index (χ4v) is 1.12. The summed E-state index contributed by atoms with van der Waals surface area (Å²) < 4.78 is 4.49. The molecule has 0 bridgehead atoms. The van der Waals surface area contributed by atoms with Crippen LogP contribution in [0, 0.1) is 0 Å². The van der Waals surface area contributed by atoms with Gasteiger partial charge in [-0.25, -0.2) is 9.59 Å². The number of allylic oxidation sites excluding steroid dienone is 1. The summed E-state index contributed by atoms with van der Waals surface area (Å²) in [6.45, 7) is 4.87. The molecule has 0 fully saturated rings. The molecule has 0 saturated carbocycles. The summed E-state index contributed by atoms with van der Waals surface area (Å²) in [5.41, 5.74) is 1.29. The molecule has 0 aliphatic carbocycles. The number of esters is 2. The zero-order valence-corrected chi connectivity index (χ0v) is 9.68. The summed E-state index contributed by atoms with van der Waals surface area (Å²) in [5, 5.41) is 0. The normalized spacial score (nSPS) is 10.2. The van der Waals surface area contributed by atoms with Crippen molar-refractivity contribution in [2.24, 2.45) is 0 Å². The molecule has 0 radical (unpaired) electrons. The molecule has 0 aliphatic rings. The van der Waals surface area contributed by atoms with E-state index in [1.54, 1.807) is 6.08 Å². The molecule has 3 nitrogen and oxygen atoms in total. The van der Waals surface area contributed by atoms with Gasteiger partial charge in [-0.2, -0.15) is 0 Å². The summed E-state index contributed by atoms with van der Waals surface area (Å²) in [6.07, 6.45) is 3.52. The van der Waals surface area contributed by atoms with E-state index in [2.05, 4.69) is 11.3 Å². The van der Waals surface area contributed by atoms with Gasteiger partial charge in [0.05, 0.1) is 0 Å². The number of carbonyl (C=O) groups is 2. The number of hydrogen-bond acceptors (Lipinski definition) is 3. The zero-order chi connectivity index (χ0) is 12.7. The molecule has 0 spiro atoms. The highest BCUT2D eigenvalue weighted by molar-refractivity contribution is 5.98. The largest absolute Gasteiger partial charge is 0.386 e. The van der Waals surface area contributed by atoms with Crippen molar-refractivity contribution >= 4 is 11.9 Å². The maximum absolute atomic E-state index is 11.2. The van der Waals surface area contributed by atoms with Gasteiger partial charge in [0, 0.05) is 11.6 Å². The van der Waals surface area contributed by atoms with Crippen LogP contribution in [0.3, 0.4) is 0 Å². The van der Waals surface area contributed by atoms with Gasteiger partial charge in [0.15, 0.2) is 0 Å². The molecular formula is C14H14O3. The molecular weight excluding hydrogens is 216 g/mol. The Labute approximate surface area is 100 Å². The van der Waals surface area contributed by atoms with Crippen molar-refractivity contribution in [1.29, 1.82) is 0 Å². The third-order valence-electron chi connectivity index (χ3n) is 1.99. The van der Waals surface area contributed by atoms with Crippen LogP contribution in [0.4, 0.5) is 0 Å². The minimum atomic E-state index is -0.695. The lowest BCUT2D eigenvalue weighted by Crippen LogP contribution is -2.10. The first kappa shape index (κ1) is 12.9. The second kappa shape index (κ2) is 6.43. The molecule has 0 atom stereocenters. The van der Waals surface area contributed by atoms with Crippen molar-refractivity contribution in [1.82, 2.24) is 0 Å². The molecule has 1 aromatic rings. The van der Waals surface area contributed by atoms with E-state index in [0.29, 0.717) is 6.42 Å². The summed E-state index contributed by atoms with van der Waals surface area (Å²) in [4.78, 5) is 22.2. The van der Waals surface area contributed by atoms with Crippen molar-refractivity contribution in [2.45, 2.75) is 13.3 Å². The smallest absolute Gasteiger partial charge is 0.340 e. The fraction of sp³-hybridized carbons (Fsp3) is 0.143. The topological polar surface area (TPSA) is 43.4 Å². The molecule has 0 saturated heterocycles. The van der Waals surface area contributed by atoms with Crippen molar-refractivity contribution in [3.05, 3.63) is 60.2 Å². The van der Waals surface area contributed by atoms with Gasteiger partial charge in [-0.15, -0.1) is 0 Å². The molecule has 1 aromatic carbocycles. The quantitative estimate of drug-likeness (QED) is 0.453. The molecule has 0 heterocycles. The van der Waals surface area contributed by atoms with Crippen molar-refractivity contribution in [2.75, 3.05) is 0 Å². The van der Waals surface area contributed by atoms with Crippen molar-refractivity contribution in [3.63, 3.8) is 0 Å². The van der Waals surface area contributed by atoms with Gasteiger partial charge in [0.2, 0.25) is 0 Å². The van der Waals surface area contributed by atoms with Crippen LogP contribution in [0.5, 0.6) is 0 Å². The first-order chi connectivity index (χ1) is 8.09. The SMILES string of the molecule is C=C(C)C(=O)OC(=O)C=CCc1ccccc1. The second-order valence-corrected chi connectivity index (χ2v) is 3.58. The highest BCUT2D eigenvalue weighted by Gasteiger charge is 2.07. The van der Waals surface area contributed by atoms with Gasteiger partial charge >= 0.3 is 11.9 Å². The number of hydrogen-bond donors (Lipinski definition) is 0. The lowest BCUT2D eigenvalue weighted by atomic mass is 10.1. The molecule has 1 rings (SSSR count). The Hall–Kier alpha value is -2.16. The zero-order valence-electron chi connectivity index (χ0n) is 9.68. The predicted octanol–water partition coefficient (Wildman–Crippen LogP) is 2.43.